The molecule has 2 fully saturated rings. The molecule has 1 unspecified atom stereocenters. The van der Waals surface area contributed by atoms with Gasteiger partial charge in [0.15, 0.2) is 0 Å². The second-order valence-electron chi connectivity index (χ2n) is 13.8. The fraction of sp³-hybridized carbons (Fsp3) is 0.326. The molecule has 2 saturated heterocycles. The van der Waals surface area contributed by atoms with Crippen LogP contribution in [0.25, 0.3) is 0 Å². The highest BCUT2D eigenvalue weighted by Gasteiger charge is 2.64. The Morgan fingerprint density at radius 1 is 0.618 bits per heavy atom. The predicted octanol–water partition coefficient (Wildman–Crippen LogP) is 7.82. The molecule has 0 bridgehead atoms. The van der Waals surface area contributed by atoms with Gasteiger partial charge in [0, 0.05) is 6.42 Å². The predicted molar refractivity (Wildman–Crippen MR) is 207 cm³/mol. The molecule has 9 nitrogen and oxygen atoms in total. The summed E-state index contributed by atoms with van der Waals surface area (Å²) < 4.78 is 39.9. The normalized spacial score (nSPS) is 23.8. The van der Waals surface area contributed by atoms with E-state index in [-0.39, 0.29) is 32.8 Å². The molecule has 2 aliphatic rings. The van der Waals surface area contributed by atoms with Crippen molar-refractivity contribution in [3.8, 4) is 0 Å². The lowest BCUT2D eigenvalue weighted by Gasteiger charge is -2.50. The first-order valence-electron chi connectivity index (χ1n) is 19.0. The zero-order valence-corrected chi connectivity index (χ0v) is 31.2. The minimum Gasteiger partial charge on any atom is -0.465 e. The average Bonchev–Trinajstić information content (AvgIpc) is 3.59. The van der Waals surface area contributed by atoms with Crippen LogP contribution >= 0.6 is 0 Å². The van der Waals surface area contributed by atoms with Crippen LogP contribution in [0.3, 0.4) is 0 Å². The molecule has 9 heteroatoms. The molecular weight excluding hydrogens is 695 g/mol. The molecule has 6 atom stereocenters. The summed E-state index contributed by atoms with van der Waals surface area (Å²) in [4.78, 5) is 20.7. The lowest BCUT2D eigenvalue weighted by atomic mass is 9.88. The third-order valence-corrected chi connectivity index (χ3v) is 9.85. The Balaban J connectivity index is 1.28. The van der Waals surface area contributed by atoms with Crippen molar-refractivity contribution in [3.05, 3.63) is 179 Å². The van der Waals surface area contributed by atoms with Crippen LogP contribution < -0.4 is 0 Å². The summed E-state index contributed by atoms with van der Waals surface area (Å²) >= 11 is 0. The van der Waals surface area contributed by atoms with Crippen LogP contribution in [0.1, 0.15) is 41.2 Å². The van der Waals surface area contributed by atoms with Gasteiger partial charge in [-0.3, -0.25) is 9.63 Å². The summed E-state index contributed by atoms with van der Waals surface area (Å²) in [6.45, 7) is 3.72. The van der Waals surface area contributed by atoms with Crippen molar-refractivity contribution in [2.45, 2.75) is 82.6 Å². The van der Waals surface area contributed by atoms with Crippen molar-refractivity contribution in [1.82, 2.24) is 5.06 Å². The van der Waals surface area contributed by atoms with Crippen LogP contribution in [-0.2, 0) is 71.0 Å². The molecule has 2 aliphatic heterocycles. The number of carbonyl (C=O) groups is 1. The number of rotatable bonds is 17. The molecule has 0 aromatic heterocycles. The third kappa shape index (κ3) is 10.1. The Morgan fingerprint density at radius 2 is 1.07 bits per heavy atom. The standard InChI is InChI=1S/C46H49NO8/c1-2-50-45(48)40-28-46(55-47(40)29-35-18-8-3-9-19-35)44(53-33-39-26-16-7-17-27-39)43(52-32-38-24-14-6-15-25-38)42(51-31-37-22-12-5-13-23-37)41(54-46)34-49-30-36-20-10-4-11-21-36/h3-27,40-44H,2,28-34H2,1H3/t40-,41?,42-,43+,44+,46-/m1/s1. The van der Waals surface area contributed by atoms with Gasteiger partial charge in [0.1, 0.15) is 30.5 Å². The largest absolute Gasteiger partial charge is 0.465 e. The van der Waals surface area contributed by atoms with Gasteiger partial charge >= 0.3 is 5.97 Å². The first-order valence-corrected chi connectivity index (χ1v) is 19.0. The van der Waals surface area contributed by atoms with E-state index in [1.807, 2.05) is 152 Å². The molecule has 286 valence electrons. The fourth-order valence-electron chi connectivity index (χ4n) is 7.17. The van der Waals surface area contributed by atoms with Gasteiger partial charge < -0.3 is 28.4 Å². The summed E-state index contributed by atoms with van der Waals surface area (Å²) in [5.74, 6) is -1.88. The Hall–Kier alpha value is -4.71. The maximum Gasteiger partial charge on any atom is 0.325 e. The highest BCUT2D eigenvalue weighted by molar-refractivity contribution is 5.76. The van der Waals surface area contributed by atoms with Crippen molar-refractivity contribution in [2.75, 3.05) is 13.2 Å². The number of hydrogen-bond donors (Lipinski definition) is 0. The first kappa shape index (κ1) is 38.6. The molecule has 5 aromatic carbocycles. The Labute approximate surface area is 323 Å². The van der Waals surface area contributed by atoms with Crippen molar-refractivity contribution in [1.29, 1.82) is 0 Å². The Kier molecular flexibility index (Phi) is 13.5. The number of esters is 1. The summed E-state index contributed by atoms with van der Waals surface area (Å²) in [7, 11) is 0. The molecule has 0 aliphatic carbocycles. The second-order valence-corrected chi connectivity index (χ2v) is 13.8. The molecule has 0 radical (unpaired) electrons. The van der Waals surface area contributed by atoms with Gasteiger partial charge in [-0.15, -0.1) is 0 Å². The second kappa shape index (κ2) is 19.2. The number of carbonyl (C=O) groups excluding carboxylic acids is 1. The number of ether oxygens (including phenoxy) is 6. The molecule has 1 spiro atoms. The highest BCUT2D eigenvalue weighted by atomic mass is 16.8. The molecule has 0 amide bonds. The zero-order chi connectivity index (χ0) is 37.7. The highest BCUT2D eigenvalue weighted by Crippen LogP contribution is 2.46. The Morgan fingerprint density at radius 3 is 1.58 bits per heavy atom. The zero-order valence-electron chi connectivity index (χ0n) is 31.2. The van der Waals surface area contributed by atoms with Crippen LogP contribution in [0.15, 0.2) is 152 Å². The molecule has 5 aromatic rings. The van der Waals surface area contributed by atoms with E-state index in [1.165, 1.54) is 0 Å². The van der Waals surface area contributed by atoms with E-state index in [0.717, 1.165) is 27.8 Å². The van der Waals surface area contributed by atoms with Gasteiger partial charge in [-0.25, -0.2) is 0 Å². The maximum atomic E-state index is 13.8. The minimum atomic E-state index is -1.48. The van der Waals surface area contributed by atoms with E-state index >= 15 is 0 Å². The van der Waals surface area contributed by atoms with E-state index in [4.69, 9.17) is 33.3 Å². The lowest BCUT2D eigenvalue weighted by Crippen LogP contribution is -2.67. The molecule has 0 N–H and O–H groups in total. The van der Waals surface area contributed by atoms with Crippen LogP contribution in [0.5, 0.6) is 0 Å². The van der Waals surface area contributed by atoms with Crippen molar-refractivity contribution in [2.24, 2.45) is 0 Å². The molecule has 2 heterocycles. The van der Waals surface area contributed by atoms with Gasteiger partial charge in [-0.2, -0.15) is 5.06 Å². The SMILES string of the molecule is CCOC(=O)[C@H]1C[C@@]2(OC(COCc3ccccc3)[C@@H](OCc3ccccc3)[C@H](OCc3ccccc3)[C@@H]2OCc2ccccc2)ON1Cc1ccccc1. The molecule has 0 saturated carbocycles. The van der Waals surface area contributed by atoms with Crippen LogP contribution in [0, 0.1) is 0 Å². The summed E-state index contributed by atoms with van der Waals surface area (Å²) in [5, 5.41) is 1.67. The van der Waals surface area contributed by atoms with Crippen LogP contribution in [-0.4, -0.2) is 60.5 Å². The van der Waals surface area contributed by atoms with Gasteiger partial charge in [0.2, 0.25) is 5.79 Å². The summed E-state index contributed by atoms with van der Waals surface area (Å²) in [6, 6.07) is 49.1. The van der Waals surface area contributed by atoms with E-state index in [9.17, 15) is 4.79 Å². The third-order valence-electron chi connectivity index (χ3n) is 9.85. The van der Waals surface area contributed by atoms with Crippen molar-refractivity contribution in [3.63, 3.8) is 0 Å². The smallest absolute Gasteiger partial charge is 0.325 e. The van der Waals surface area contributed by atoms with Crippen LogP contribution in [0.2, 0.25) is 0 Å². The number of hydrogen-bond acceptors (Lipinski definition) is 9. The van der Waals surface area contributed by atoms with Gasteiger partial charge in [0.25, 0.3) is 0 Å². The van der Waals surface area contributed by atoms with E-state index in [0.29, 0.717) is 19.8 Å². The summed E-state index contributed by atoms with van der Waals surface area (Å²) in [6.07, 6.45) is -2.76. The maximum absolute atomic E-state index is 13.8. The average molecular weight is 744 g/mol. The van der Waals surface area contributed by atoms with Gasteiger partial charge in [-0.1, -0.05) is 152 Å². The minimum absolute atomic E-state index is 0.129. The van der Waals surface area contributed by atoms with E-state index in [1.54, 1.807) is 12.0 Å². The molecular formula is C46H49NO8. The van der Waals surface area contributed by atoms with Crippen molar-refractivity contribution >= 4 is 5.97 Å². The molecule has 55 heavy (non-hydrogen) atoms. The first-order chi connectivity index (χ1) is 27.1. The topological polar surface area (TPSA) is 84.9 Å². The Bertz CT molecular complexity index is 1870. The number of benzene rings is 5. The lowest BCUT2D eigenvalue weighted by molar-refractivity contribution is -0.408. The van der Waals surface area contributed by atoms with Crippen LogP contribution in [0.4, 0.5) is 0 Å². The monoisotopic (exact) mass is 743 g/mol. The van der Waals surface area contributed by atoms with Gasteiger partial charge in [-0.05, 0) is 34.7 Å². The molecule has 7 rings (SSSR count). The summed E-state index contributed by atoms with van der Waals surface area (Å²) in [5.41, 5.74) is 4.96. The number of hydroxylamine groups is 2. The number of nitrogens with zero attached hydrogens (tertiary/aromatic N) is 1. The van der Waals surface area contributed by atoms with E-state index < -0.39 is 42.2 Å². The quantitative estimate of drug-likeness (QED) is 0.0886. The van der Waals surface area contributed by atoms with E-state index in [2.05, 4.69) is 0 Å². The van der Waals surface area contributed by atoms with Gasteiger partial charge in [0.05, 0.1) is 46.2 Å². The van der Waals surface area contributed by atoms with Crippen molar-refractivity contribution < 1.29 is 38.1 Å². The fourth-order valence-corrected chi connectivity index (χ4v) is 7.17.